The fourth-order valence-corrected chi connectivity index (χ4v) is 2.47. The molecule has 0 heterocycles. The maximum Gasteiger partial charge on any atom is 0.337 e. The number of ether oxygens (including phenoxy) is 2. The number of carboxylic acids is 1. The summed E-state index contributed by atoms with van der Waals surface area (Å²) in [5.41, 5.74) is 4.51. The monoisotopic (exact) mass is 564 g/mol. The number of aliphatic hydroxyl groups is 2. The van der Waals surface area contributed by atoms with Crippen LogP contribution in [0.1, 0.15) is 37.2 Å². The number of carbonyl (C=O) groups excluding carboxylic acids is 3. The lowest BCUT2D eigenvalue weighted by molar-refractivity contribution is -0.147. The van der Waals surface area contributed by atoms with Crippen LogP contribution in [0.2, 0.25) is 0 Å². The minimum absolute atomic E-state index is 0.243. The van der Waals surface area contributed by atoms with Gasteiger partial charge in [0.2, 0.25) is 0 Å². The van der Waals surface area contributed by atoms with Crippen LogP contribution in [0.5, 0.6) is 0 Å². The molecule has 0 radical (unpaired) electrons. The molecule has 0 aliphatic heterocycles. The first-order valence-corrected chi connectivity index (χ1v) is 10.8. The molecule has 2 unspecified atom stereocenters. The fourth-order valence-electron chi connectivity index (χ4n) is 2.47. The number of hydrogen-bond acceptors (Lipinski definition) is 9. The third-order valence-electron chi connectivity index (χ3n) is 4.37. The zero-order valence-corrected chi connectivity index (χ0v) is 21.2. The van der Waals surface area contributed by atoms with Crippen molar-refractivity contribution in [2.24, 2.45) is 5.73 Å². The number of carbonyl (C=O) groups is 4. The van der Waals surface area contributed by atoms with Crippen molar-refractivity contribution < 1.29 is 61.5 Å². The summed E-state index contributed by atoms with van der Waals surface area (Å²) in [6.07, 6.45) is -3.68. The fraction of sp³-hybridized carbons (Fsp3) is 0.333. The number of esters is 2. The van der Waals surface area contributed by atoms with Gasteiger partial charge in [0.15, 0.2) is 12.2 Å². The van der Waals surface area contributed by atoms with Crippen molar-refractivity contribution in [3.63, 3.8) is 0 Å². The van der Waals surface area contributed by atoms with E-state index < -0.39 is 65.4 Å². The number of methoxy groups -OCH3 is 2. The molecule has 0 spiro atoms. The second-order valence-electron chi connectivity index (χ2n) is 7.61. The molecule has 0 bridgehead atoms. The maximum atomic E-state index is 12.9. The molecule has 2 rings (SSSR count). The predicted octanol–water partition coefficient (Wildman–Crippen LogP) is 1.27. The van der Waals surface area contributed by atoms with Gasteiger partial charge >= 0.3 is 17.9 Å². The molecular formula is C24H28F4N2O9. The Labute approximate surface area is 220 Å². The number of benzene rings is 2. The summed E-state index contributed by atoms with van der Waals surface area (Å²) < 4.78 is 59.5. The smallest absolute Gasteiger partial charge is 0.337 e. The highest BCUT2D eigenvalue weighted by atomic mass is 19.1. The molecule has 0 aliphatic rings. The minimum Gasteiger partial charge on any atom is -0.479 e. The summed E-state index contributed by atoms with van der Waals surface area (Å²) in [5.74, 6) is -7.25. The number of aliphatic carboxylic acids is 1. The van der Waals surface area contributed by atoms with E-state index in [0.717, 1.165) is 31.4 Å². The van der Waals surface area contributed by atoms with Gasteiger partial charge < -0.3 is 35.8 Å². The molecule has 4 atom stereocenters. The van der Waals surface area contributed by atoms with Gasteiger partial charge in [-0.25, -0.2) is 27.2 Å². The highest BCUT2D eigenvalue weighted by Crippen LogP contribution is 2.17. The zero-order valence-electron chi connectivity index (χ0n) is 21.2. The summed E-state index contributed by atoms with van der Waals surface area (Å²) in [6, 6.07) is 2.93. The van der Waals surface area contributed by atoms with Crippen LogP contribution in [-0.2, 0) is 28.7 Å². The third kappa shape index (κ3) is 12.8. The molecule has 2 aromatic rings. The molecule has 0 aromatic heterocycles. The Kier molecular flexibility index (Phi) is 15.0. The molecule has 0 saturated heterocycles. The first-order chi connectivity index (χ1) is 18.0. The summed E-state index contributed by atoms with van der Waals surface area (Å²) in [4.78, 5) is 43.1. The van der Waals surface area contributed by atoms with E-state index in [2.05, 4.69) is 14.8 Å². The molecular weight excluding hydrogens is 536 g/mol. The van der Waals surface area contributed by atoms with Crippen LogP contribution < -0.4 is 11.1 Å². The molecule has 11 nitrogen and oxygen atoms in total. The lowest BCUT2D eigenvalue weighted by Crippen LogP contribution is -2.41. The van der Waals surface area contributed by atoms with Crippen molar-refractivity contribution in [2.45, 2.75) is 38.1 Å². The van der Waals surface area contributed by atoms with Crippen LogP contribution in [0.4, 0.5) is 17.6 Å². The molecule has 1 amide bonds. The number of halogens is 4. The topological polar surface area (TPSA) is 185 Å². The second-order valence-corrected chi connectivity index (χ2v) is 7.61. The Morgan fingerprint density at radius 1 is 0.744 bits per heavy atom. The Balaban J connectivity index is 0.000000622. The van der Waals surface area contributed by atoms with Crippen molar-refractivity contribution in [1.82, 2.24) is 5.32 Å². The zero-order chi connectivity index (χ0) is 30.4. The van der Waals surface area contributed by atoms with Crippen molar-refractivity contribution in [1.29, 1.82) is 0 Å². The summed E-state index contributed by atoms with van der Waals surface area (Å²) in [7, 11) is 2.45. The third-order valence-corrected chi connectivity index (χ3v) is 4.37. The average molecular weight is 564 g/mol. The Morgan fingerprint density at radius 2 is 1.10 bits per heavy atom. The molecule has 6 N–H and O–H groups in total. The lowest BCUT2D eigenvalue weighted by Gasteiger charge is -2.15. The summed E-state index contributed by atoms with van der Waals surface area (Å²) in [6.45, 7) is 2.93. The van der Waals surface area contributed by atoms with Crippen LogP contribution >= 0.6 is 0 Å². The van der Waals surface area contributed by atoms with Crippen LogP contribution in [0.15, 0.2) is 36.4 Å². The van der Waals surface area contributed by atoms with Crippen LogP contribution in [-0.4, -0.2) is 65.4 Å². The van der Waals surface area contributed by atoms with Gasteiger partial charge in [0.1, 0.15) is 35.4 Å². The standard InChI is InChI=1S/C12H13F2NO4.C8H6F2O3.C4H9NO2/c1-6(12(18)19-2)15-11(17)10(16)7-3-8(13)5-9(14)4-7;9-5-1-4(2-6(10)3-5)7(11)8(12)13;1-3(5)4(6)7-2/h3-6,10,16H,1-2H3,(H,15,17);1-3,7,11H,(H,12,13);3H,5H2,1-2H3/t6-,10?;;3-/m1.1/s1. The molecule has 0 saturated carbocycles. The highest BCUT2D eigenvalue weighted by molar-refractivity contribution is 5.87. The minimum atomic E-state index is -1.90. The lowest BCUT2D eigenvalue weighted by atomic mass is 10.1. The number of nitrogens with two attached hydrogens (primary N) is 1. The first-order valence-electron chi connectivity index (χ1n) is 10.8. The maximum absolute atomic E-state index is 12.9. The molecule has 0 aliphatic carbocycles. The molecule has 15 heteroatoms. The number of rotatable bonds is 7. The van der Waals surface area contributed by atoms with Crippen LogP contribution in [0.3, 0.4) is 0 Å². The Morgan fingerprint density at radius 3 is 1.38 bits per heavy atom. The largest absolute Gasteiger partial charge is 0.479 e. The molecule has 39 heavy (non-hydrogen) atoms. The van der Waals surface area contributed by atoms with Crippen LogP contribution in [0, 0.1) is 23.3 Å². The number of carboxylic acid groups (broad SMARTS) is 1. The van der Waals surface area contributed by atoms with Crippen molar-refractivity contribution >= 4 is 23.8 Å². The predicted molar refractivity (Wildman–Crippen MR) is 126 cm³/mol. The first kappa shape index (κ1) is 34.9. The molecule has 2 aromatic carbocycles. The molecule has 216 valence electrons. The van der Waals surface area contributed by atoms with Crippen LogP contribution in [0.25, 0.3) is 0 Å². The van der Waals surface area contributed by atoms with E-state index in [-0.39, 0.29) is 17.1 Å². The number of hydrogen-bond donors (Lipinski definition) is 5. The van der Waals surface area contributed by atoms with Gasteiger partial charge in [-0.2, -0.15) is 0 Å². The Bertz CT molecular complexity index is 1110. The highest BCUT2D eigenvalue weighted by Gasteiger charge is 2.23. The average Bonchev–Trinajstić information content (AvgIpc) is 2.85. The van der Waals surface area contributed by atoms with E-state index in [1.165, 1.54) is 14.0 Å². The van der Waals surface area contributed by atoms with Gasteiger partial charge in [-0.3, -0.25) is 9.59 Å². The van der Waals surface area contributed by atoms with E-state index in [1.54, 1.807) is 6.92 Å². The van der Waals surface area contributed by atoms with Crippen molar-refractivity contribution in [3.8, 4) is 0 Å². The van der Waals surface area contributed by atoms with Gasteiger partial charge in [-0.15, -0.1) is 0 Å². The summed E-state index contributed by atoms with van der Waals surface area (Å²) >= 11 is 0. The molecule has 0 fully saturated rings. The van der Waals surface area contributed by atoms with E-state index in [9.17, 15) is 41.8 Å². The number of amides is 1. The van der Waals surface area contributed by atoms with Gasteiger partial charge in [0, 0.05) is 12.1 Å². The normalized spacial score (nSPS) is 13.1. The van der Waals surface area contributed by atoms with E-state index in [4.69, 9.17) is 15.9 Å². The van der Waals surface area contributed by atoms with Gasteiger partial charge in [-0.1, -0.05) is 0 Å². The van der Waals surface area contributed by atoms with E-state index in [0.29, 0.717) is 12.1 Å². The quantitative estimate of drug-likeness (QED) is 0.242. The van der Waals surface area contributed by atoms with Gasteiger partial charge in [0.25, 0.3) is 5.91 Å². The number of nitrogens with one attached hydrogen (secondary N) is 1. The Hall–Kier alpha value is -4.08. The van der Waals surface area contributed by atoms with E-state index >= 15 is 0 Å². The van der Waals surface area contributed by atoms with E-state index in [1.807, 2.05) is 0 Å². The van der Waals surface area contributed by atoms with Crippen molar-refractivity contribution in [2.75, 3.05) is 14.2 Å². The SMILES string of the molecule is COC(=O)[C@@H](C)N.COC(=O)[C@@H](C)NC(=O)C(O)c1cc(F)cc(F)c1.O=C(O)C(O)c1cc(F)cc(F)c1. The van der Waals surface area contributed by atoms with Gasteiger partial charge in [-0.05, 0) is 49.2 Å². The summed E-state index contributed by atoms with van der Waals surface area (Å²) in [5, 5.41) is 29.0. The second kappa shape index (κ2) is 16.7. The van der Waals surface area contributed by atoms with Crippen molar-refractivity contribution in [3.05, 3.63) is 70.8 Å². The number of aliphatic hydroxyl groups excluding tert-OH is 2. The van der Waals surface area contributed by atoms with Gasteiger partial charge in [0.05, 0.1) is 14.2 Å².